The molecule has 0 saturated carbocycles. The molecule has 0 fully saturated rings. The van der Waals surface area contributed by atoms with Gasteiger partial charge in [0.2, 0.25) is 0 Å². The molecule has 0 spiro atoms. The molecule has 0 amide bonds. The summed E-state index contributed by atoms with van der Waals surface area (Å²) < 4.78 is 0. The third-order valence-electron chi connectivity index (χ3n) is 2.91. The van der Waals surface area contributed by atoms with E-state index in [2.05, 4.69) is 0 Å². The second kappa shape index (κ2) is 6.18. The Morgan fingerprint density at radius 3 is 2.24 bits per heavy atom. The van der Waals surface area contributed by atoms with Crippen LogP contribution in [0, 0.1) is 5.92 Å². The molecule has 1 N–H and O–H groups in total. The first-order valence-electron chi connectivity index (χ1n) is 5.80. The Labute approximate surface area is 101 Å². The van der Waals surface area contributed by atoms with E-state index in [0.717, 1.165) is 5.56 Å². The minimum Gasteiger partial charge on any atom is -0.481 e. The monoisotopic (exact) mass is 234 g/mol. The molecule has 3 heteroatoms. The molecule has 1 aromatic rings. The number of rotatable bonds is 6. The molecular weight excluding hydrogens is 216 g/mol. The summed E-state index contributed by atoms with van der Waals surface area (Å²) in [4.78, 5) is 22.3. The lowest BCUT2D eigenvalue weighted by Gasteiger charge is -2.13. The highest BCUT2D eigenvalue weighted by atomic mass is 16.4. The molecule has 3 nitrogen and oxygen atoms in total. The van der Waals surface area contributed by atoms with Crippen molar-refractivity contribution in [1.29, 1.82) is 0 Å². The van der Waals surface area contributed by atoms with E-state index in [9.17, 15) is 9.59 Å². The molecular formula is C14H18O3. The second-order valence-corrected chi connectivity index (χ2v) is 4.48. The van der Waals surface area contributed by atoms with Crippen LogP contribution >= 0.6 is 0 Å². The third kappa shape index (κ3) is 4.39. The molecule has 0 aliphatic heterocycles. The fraction of sp³-hybridized carbons (Fsp3) is 0.429. The summed E-state index contributed by atoms with van der Waals surface area (Å²) in [5.74, 6) is -1.17. The molecule has 1 aromatic carbocycles. The number of carbonyl (C=O) groups excluding carboxylic acids is 1. The van der Waals surface area contributed by atoms with Crippen molar-refractivity contribution in [2.24, 2.45) is 5.92 Å². The standard InChI is InChI=1S/C14H18O3/c1-10(12-6-4-3-5-7-12)8-13(15)11(2)9-14(16)17/h3-7,10-11H,8-9H2,1-2H3,(H,16,17). The smallest absolute Gasteiger partial charge is 0.304 e. The Kier molecular flexibility index (Phi) is 4.88. The van der Waals surface area contributed by atoms with Gasteiger partial charge in [-0.15, -0.1) is 0 Å². The summed E-state index contributed by atoms with van der Waals surface area (Å²) >= 11 is 0. The summed E-state index contributed by atoms with van der Waals surface area (Å²) in [7, 11) is 0. The van der Waals surface area contributed by atoms with Crippen LogP contribution in [0.25, 0.3) is 0 Å². The number of carboxylic acid groups (broad SMARTS) is 1. The fourth-order valence-corrected chi connectivity index (χ4v) is 1.78. The third-order valence-corrected chi connectivity index (χ3v) is 2.91. The van der Waals surface area contributed by atoms with Crippen LogP contribution < -0.4 is 0 Å². The summed E-state index contributed by atoms with van der Waals surface area (Å²) in [6.07, 6.45) is 0.318. The van der Waals surface area contributed by atoms with E-state index in [1.165, 1.54) is 0 Å². The van der Waals surface area contributed by atoms with Crippen LogP contribution in [0.5, 0.6) is 0 Å². The van der Waals surface area contributed by atoms with Crippen LogP contribution in [-0.4, -0.2) is 16.9 Å². The van der Waals surface area contributed by atoms with Crippen molar-refractivity contribution in [2.45, 2.75) is 32.6 Å². The molecule has 0 aliphatic carbocycles. The van der Waals surface area contributed by atoms with Gasteiger partial charge >= 0.3 is 5.97 Å². The topological polar surface area (TPSA) is 54.4 Å². The molecule has 0 saturated heterocycles. The van der Waals surface area contributed by atoms with Crippen molar-refractivity contribution in [2.75, 3.05) is 0 Å². The van der Waals surface area contributed by atoms with E-state index < -0.39 is 11.9 Å². The van der Waals surface area contributed by atoms with Crippen LogP contribution in [0.2, 0.25) is 0 Å². The van der Waals surface area contributed by atoms with E-state index in [1.807, 2.05) is 37.3 Å². The molecule has 0 aliphatic rings. The van der Waals surface area contributed by atoms with Gasteiger partial charge in [-0.05, 0) is 11.5 Å². The van der Waals surface area contributed by atoms with Crippen molar-refractivity contribution in [3.05, 3.63) is 35.9 Å². The van der Waals surface area contributed by atoms with Gasteiger partial charge in [-0.2, -0.15) is 0 Å². The van der Waals surface area contributed by atoms with Crippen molar-refractivity contribution in [3.8, 4) is 0 Å². The van der Waals surface area contributed by atoms with E-state index >= 15 is 0 Å². The van der Waals surface area contributed by atoms with Crippen LogP contribution in [0.4, 0.5) is 0 Å². The van der Waals surface area contributed by atoms with Gasteiger partial charge in [0, 0.05) is 12.3 Å². The first-order chi connectivity index (χ1) is 8.00. The van der Waals surface area contributed by atoms with Gasteiger partial charge in [0.25, 0.3) is 0 Å². The van der Waals surface area contributed by atoms with Crippen molar-refractivity contribution in [3.63, 3.8) is 0 Å². The fourth-order valence-electron chi connectivity index (χ4n) is 1.78. The maximum absolute atomic E-state index is 11.8. The predicted molar refractivity (Wildman–Crippen MR) is 65.9 cm³/mol. The zero-order valence-electron chi connectivity index (χ0n) is 10.2. The van der Waals surface area contributed by atoms with Gasteiger partial charge in [-0.1, -0.05) is 44.2 Å². The number of aliphatic carboxylic acids is 1. The lowest BCUT2D eigenvalue weighted by Crippen LogP contribution is -2.17. The molecule has 2 atom stereocenters. The number of Topliss-reactive ketones (excluding diaryl/α,β-unsaturated/α-hetero) is 1. The lowest BCUT2D eigenvalue weighted by atomic mass is 9.90. The van der Waals surface area contributed by atoms with Gasteiger partial charge in [0.05, 0.1) is 6.42 Å². The minimum absolute atomic E-state index is 0.0174. The van der Waals surface area contributed by atoms with Gasteiger partial charge in [-0.25, -0.2) is 0 Å². The summed E-state index contributed by atoms with van der Waals surface area (Å²) in [5.41, 5.74) is 1.11. The SMILES string of the molecule is CC(CC(=O)O)C(=O)CC(C)c1ccccc1. The Morgan fingerprint density at radius 1 is 1.12 bits per heavy atom. The second-order valence-electron chi connectivity index (χ2n) is 4.48. The molecule has 2 unspecified atom stereocenters. The highest BCUT2D eigenvalue weighted by molar-refractivity contribution is 5.85. The normalized spacial score (nSPS) is 14.0. The molecule has 0 bridgehead atoms. The number of carboxylic acids is 1. The van der Waals surface area contributed by atoms with Crippen LogP contribution in [0.3, 0.4) is 0 Å². The first kappa shape index (κ1) is 13.4. The van der Waals surface area contributed by atoms with Gasteiger partial charge < -0.3 is 5.11 Å². The molecule has 0 heterocycles. The Balaban J connectivity index is 2.54. The molecule has 92 valence electrons. The Hall–Kier alpha value is -1.64. The number of carbonyl (C=O) groups is 2. The maximum atomic E-state index is 11.8. The number of hydrogen-bond acceptors (Lipinski definition) is 2. The van der Waals surface area contributed by atoms with Crippen molar-refractivity contribution < 1.29 is 14.7 Å². The van der Waals surface area contributed by atoms with E-state index in [1.54, 1.807) is 6.92 Å². The quantitative estimate of drug-likeness (QED) is 0.823. The minimum atomic E-state index is -0.918. The Morgan fingerprint density at radius 2 is 1.71 bits per heavy atom. The van der Waals surface area contributed by atoms with Crippen LogP contribution in [0.15, 0.2) is 30.3 Å². The Bertz CT molecular complexity index is 384. The first-order valence-corrected chi connectivity index (χ1v) is 5.80. The highest BCUT2D eigenvalue weighted by Crippen LogP contribution is 2.21. The van der Waals surface area contributed by atoms with Crippen LogP contribution in [-0.2, 0) is 9.59 Å². The van der Waals surface area contributed by atoms with Gasteiger partial charge in [0.15, 0.2) is 0 Å². The van der Waals surface area contributed by atoms with Crippen LogP contribution in [0.1, 0.15) is 38.2 Å². The lowest BCUT2D eigenvalue weighted by molar-refractivity contribution is -0.140. The zero-order valence-corrected chi connectivity index (χ0v) is 10.2. The number of ketones is 1. The molecule has 17 heavy (non-hydrogen) atoms. The molecule has 0 aromatic heterocycles. The van der Waals surface area contributed by atoms with E-state index in [-0.39, 0.29) is 18.1 Å². The molecule has 1 rings (SSSR count). The predicted octanol–water partition coefficient (Wildman–Crippen LogP) is 2.86. The van der Waals surface area contributed by atoms with Crippen molar-refractivity contribution >= 4 is 11.8 Å². The van der Waals surface area contributed by atoms with Gasteiger partial charge in [0.1, 0.15) is 5.78 Å². The summed E-state index contributed by atoms with van der Waals surface area (Å²) in [5, 5.41) is 8.63. The summed E-state index contributed by atoms with van der Waals surface area (Å²) in [6, 6.07) is 9.79. The maximum Gasteiger partial charge on any atom is 0.304 e. The highest BCUT2D eigenvalue weighted by Gasteiger charge is 2.19. The average Bonchev–Trinajstić information content (AvgIpc) is 2.29. The van der Waals surface area contributed by atoms with E-state index in [0.29, 0.717) is 6.42 Å². The number of hydrogen-bond donors (Lipinski definition) is 1. The molecule has 0 radical (unpaired) electrons. The van der Waals surface area contributed by atoms with E-state index in [4.69, 9.17) is 5.11 Å². The largest absolute Gasteiger partial charge is 0.481 e. The van der Waals surface area contributed by atoms with Gasteiger partial charge in [-0.3, -0.25) is 9.59 Å². The zero-order chi connectivity index (χ0) is 12.8. The number of benzene rings is 1. The van der Waals surface area contributed by atoms with Crippen molar-refractivity contribution in [1.82, 2.24) is 0 Å². The average molecular weight is 234 g/mol. The summed E-state index contributed by atoms with van der Waals surface area (Å²) in [6.45, 7) is 3.66.